The van der Waals surface area contributed by atoms with E-state index in [1.54, 1.807) is 32.7 Å². The number of nitrogens with zero attached hydrogens (tertiary/aromatic N) is 6. The highest BCUT2D eigenvalue weighted by molar-refractivity contribution is 6.42. The molecule has 0 saturated carbocycles. The van der Waals surface area contributed by atoms with Crippen molar-refractivity contribution in [1.82, 2.24) is 29.8 Å². The molecular formula is C25H28Cl2N6O3. The Morgan fingerprint density at radius 3 is 2.67 bits per heavy atom. The third kappa shape index (κ3) is 4.39. The molecular weight excluding hydrogens is 503 g/mol. The van der Waals surface area contributed by atoms with E-state index in [0.29, 0.717) is 64.9 Å². The minimum atomic E-state index is -0.373. The molecule has 190 valence electrons. The molecule has 9 nitrogen and oxygen atoms in total. The van der Waals surface area contributed by atoms with Crippen molar-refractivity contribution in [3.8, 4) is 0 Å². The molecule has 36 heavy (non-hydrogen) atoms. The van der Waals surface area contributed by atoms with Gasteiger partial charge in [0.05, 0.1) is 28.8 Å². The van der Waals surface area contributed by atoms with E-state index in [-0.39, 0.29) is 30.4 Å². The van der Waals surface area contributed by atoms with E-state index in [1.807, 2.05) is 13.8 Å². The van der Waals surface area contributed by atoms with Gasteiger partial charge in [0.15, 0.2) is 0 Å². The number of amides is 2. The van der Waals surface area contributed by atoms with Crippen molar-refractivity contribution in [2.45, 2.75) is 65.7 Å². The molecule has 2 aliphatic rings. The largest absolute Gasteiger partial charge is 0.423 e. The predicted octanol–water partition coefficient (Wildman–Crippen LogP) is 4.58. The van der Waals surface area contributed by atoms with E-state index in [9.17, 15) is 9.59 Å². The summed E-state index contributed by atoms with van der Waals surface area (Å²) < 4.78 is 7.63. The second-order valence-electron chi connectivity index (χ2n) is 9.92. The van der Waals surface area contributed by atoms with Crippen LogP contribution in [0.2, 0.25) is 10.0 Å². The molecule has 0 saturated heterocycles. The van der Waals surface area contributed by atoms with Crippen molar-refractivity contribution < 1.29 is 14.0 Å². The van der Waals surface area contributed by atoms with Crippen molar-refractivity contribution in [3.63, 3.8) is 0 Å². The first-order valence-corrected chi connectivity index (χ1v) is 12.9. The van der Waals surface area contributed by atoms with Crippen LogP contribution in [-0.4, -0.2) is 54.2 Å². The first-order valence-electron chi connectivity index (χ1n) is 12.1. The maximum absolute atomic E-state index is 13.7. The van der Waals surface area contributed by atoms with Crippen LogP contribution in [-0.2, 0) is 25.9 Å². The maximum atomic E-state index is 13.7. The minimum absolute atomic E-state index is 0.0840. The molecule has 1 aromatic carbocycles. The van der Waals surface area contributed by atoms with E-state index in [4.69, 9.17) is 32.7 Å². The van der Waals surface area contributed by atoms with E-state index < -0.39 is 0 Å². The molecule has 0 spiro atoms. The molecule has 0 aliphatic carbocycles. The molecule has 2 amide bonds. The molecule has 3 aromatic rings. The molecule has 1 unspecified atom stereocenters. The lowest BCUT2D eigenvalue weighted by Crippen LogP contribution is -2.44. The van der Waals surface area contributed by atoms with Crippen LogP contribution >= 0.6 is 23.2 Å². The zero-order valence-electron chi connectivity index (χ0n) is 20.7. The van der Waals surface area contributed by atoms with Crippen molar-refractivity contribution in [2.75, 3.05) is 6.54 Å². The minimum Gasteiger partial charge on any atom is -0.423 e. The van der Waals surface area contributed by atoms with Crippen LogP contribution in [0, 0.1) is 5.92 Å². The molecule has 0 fully saturated rings. The summed E-state index contributed by atoms with van der Waals surface area (Å²) in [6, 6.07) is 4.40. The van der Waals surface area contributed by atoms with Gasteiger partial charge in [0, 0.05) is 36.6 Å². The SMILES string of the molecule is CC(C)Cc1nnc(C(C)N2CCn3nc4c(c3C2=O)CN(C(=O)c2ccc(Cl)c(Cl)c2)[C@H](C)C4)o1. The van der Waals surface area contributed by atoms with Gasteiger partial charge in [-0.1, -0.05) is 37.0 Å². The molecule has 0 bridgehead atoms. The van der Waals surface area contributed by atoms with E-state index >= 15 is 0 Å². The Morgan fingerprint density at radius 2 is 1.94 bits per heavy atom. The Bertz CT molecular complexity index is 1330. The van der Waals surface area contributed by atoms with Gasteiger partial charge < -0.3 is 14.2 Å². The summed E-state index contributed by atoms with van der Waals surface area (Å²) in [5.74, 6) is 1.07. The lowest BCUT2D eigenvalue weighted by Gasteiger charge is -2.34. The number of hydrogen-bond donors (Lipinski definition) is 0. The summed E-state index contributed by atoms with van der Waals surface area (Å²) in [4.78, 5) is 30.6. The molecule has 4 heterocycles. The highest BCUT2D eigenvalue weighted by atomic mass is 35.5. The van der Waals surface area contributed by atoms with Crippen LogP contribution < -0.4 is 0 Å². The van der Waals surface area contributed by atoms with Crippen LogP contribution in [0.1, 0.15) is 77.6 Å². The second-order valence-corrected chi connectivity index (χ2v) is 10.7. The number of fused-ring (bicyclic) bond motifs is 3. The van der Waals surface area contributed by atoms with Gasteiger partial charge >= 0.3 is 0 Å². The van der Waals surface area contributed by atoms with Gasteiger partial charge in [-0.15, -0.1) is 10.2 Å². The Hall–Kier alpha value is -2.91. The molecule has 5 rings (SSSR count). The summed E-state index contributed by atoms with van der Waals surface area (Å²) in [5, 5.41) is 13.8. The Balaban J connectivity index is 1.41. The molecule has 2 atom stereocenters. The summed E-state index contributed by atoms with van der Waals surface area (Å²) >= 11 is 12.2. The van der Waals surface area contributed by atoms with Crippen molar-refractivity contribution in [1.29, 1.82) is 0 Å². The molecule has 0 N–H and O–H groups in total. The highest BCUT2D eigenvalue weighted by Crippen LogP contribution is 2.33. The van der Waals surface area contributed by atoms with Gasteiger partial charge in [-0.2, -0.15) is 5.10 Å². The predicted molar refractivity (Wildman–Crippen MR) is 134 cm³/mol. The fourth-order valence-corrected chi connectivity index (χ4v) is 5.17. The van der Waals surface area contributed by atoms with Crippen molar-refractivity contribution in [3.05, 3.63) is 62.5 Å². The summed E-state index contributed by atoms with van der Waals surface area (Å²) in [6.45, 7) is 9.38. The number of carbonyl (C=O) groups is 2. The van der Waals surface area contributed by atoms with Crippen LogP contribution in [0.3, 0.4) is 0 Å². The van der Waals surface area contributed by atoms with Crippen LogP contribution in [0.4, 0.5) is 0 Å². The third-order valence-electron chi connectivity index (χ3n) is 6.82. The lowest BCUT2D eigenvalue weighted by atomic mass is 9.97. The topological polar surface area (TPSA) is 97.4 Å². The zero-order valence-corrected chi connectivity index (χ0v) is 22.2. The Morgan fingerprint density at radius 1 is 1.17 bits per heavy atom. The van der Waals surface area contributed by atoms with Crippen LogP contribution in [0.5, 0.6) is 0 Å². The van der Waals surface area contributed by atoms with Gasteiger partial charge in [-0.05, 0) is 38.0 Å². The van der Waals surface area contributed by atoms with Crippen molar-refractivity contribution >= 4 is 35.0 Å². The average molecular weight is 531 g/mol. The third-order valence-corrected chi connectivity index (χ3v) is 7.56. The van der Waals surface area contributed by atoms with E-state index in [2.05, 4.69) is 24.0 Å². The Kier molecular flexibility index (Phi) is 6.55. The first kappa shape index (κ1) is 24.8. The second kappa shape index (κ2) is 9.52. The number of hydrogen-bond acceptors (Lipinski definition) is 6. The maximum Gasteiger partial charge on any atom is 0.273 e. The molecule has 2 aliphatic heterocycles. The number of benzene rings is 1. The summed E-state index contributed by atoms with van der Waals surface area (Å²) in [6.07, 6.45) is 1.25. The van der Waals surface area contributed by atoms with Crippen molar-refractivity contribution in [2.24, 2.45) is 5.92 Å². The fourth-order valence-electron chi connectivity index (χ4n) is 4.87. The Labute approximate surface area is 219 Å². The normalized spacial score (nSPS) is 18.4. The number of aromatic nitrogens is 4. The zero-order chi connectivity index (χ0) is 25.7. The number of rotatable bonds is 5. The summed E-state index contributed by atoms with van der Waals surface area (Å²) in [5.41, 5.74) is 2.62. The lowest BCUT2D eigenvalue weighted by molar-refractivity contribution is 0.0581. The van der Waals surface area contributed by atoms with Gasteiger partial charge in [0.1, 0.15) is 11.7 Å². The number of halogens is 2. The average Bonchev–Trinajstić information content (AvgIpc) is 3.43. The molecule has 0 radical (unpaired) electrons. The van der Waals surface area contributed by atoms with Gasteiger partial charge in [0.2, 0.25) is 11.8 Å². The summed E-state index contributed by atoms with van der Waals surface area (Å²) in [7, 11) is 0. The van der Waals surface area contributed by atoms with E-state index in [1.165, 1.54) is 0 Å². The van der Waals surface area contributed by atoms with Crippen LogP contribution in [0.15, 0.2) is 22.6 Å². The number of carbonyl (C=O) groups excluding carboxylic acids is 2. The monoisotopic (exact) mass is 530 g/mol. The molecule has 2 aromatic heterocycles. The quantitative estimate of drug-likeness (QED) is 0.479. The standard InChI is InChI=1S/C25H28Cl2N6O3/c1-13(2)9-21-28-29-23(36-21)15(4)31-7-8-33-22(25(31)35)17-12-32(14(3)10-20(17)30-33)24(34)16-5-6-18(26)19(27)11-16/h5-6,11,13-15H,7-10,12H2,1-4H3/t14-,15?/m1/s1. The van der Waals surface area contributed by atoms with Gasteiger partial charge in [0.25, 0.3) is 11.8 Å². The van der Waals surface area contributed by atoms with Gasteiger partial charge in [-0.3, -0.25) is 14.3 Å². The van der Waals surface area contributed by atoms with E-state index in [0.717, 1.165) is 11.3 Å². The van der Waals surface area contributed by atoms with Crippen LogP contribution in [0.25, 0.3) is 0 Å². The van der Waals surface area contributed by atoms with Gasteiger partial charge in [-0.25, -0.2) is 0 Å². The smallest absolute Gasteiger partial charge is 0.273 e. The highest BCUT2D eigenvalue weighted by Gasteiger charge is 2.39. The first-order chi connectivity index (χ1) is 17.1. The fraction of sp³-hybridized carbons (Fsp3) is 0.480. The molecule has 11 heteroatoms.